The summed E-state index contributed by atoms with van der Waals surface area (Å²) in [7, 11) is 0. The third-order valence-corrected chi connectivity index (χ3v) is 4.36. The smallest absolute Gasteiger partial charge is 0.151 e. The number of pyridine rings is 1. The fraction of sp³-hybridized carbons (Fsp3) is 0.333. The van der Waals surface area contributed by atoms with Gasteiger partial charge in [-0.05, 0) is 24.2 Å². The van der Waals surface area contributed by atoms with Crippen molar-refractivity contribution in [1.82, 2.24) is 9.88 Å². The van der Waals surface area contributed by atoms with Gasteiger partial charge in [-0.25, -0.2) is 0 Å². The predicted molar refractivity (Wildman–Crippen MR) is 81.8 cm³/mol. The number of carbonyl (C=O) groups excluding carboxylic acids is 1. The van der Waals surface area contributed by atoms with Gasteiger partial charge in [-0.1, -0.05) is 30.1 Å². The minimum absolute atomic E-state index is 0.497. The van der Waals surface area contributed by atoms with Gasteiger partial charge in [-0.15, -0.1) is 0 Å². The van der Waals surface area contributed by atoms with Gasteiger partial charge in [-0.2, -0.15) is 0 Å². The van der Waals surface area contributed by atoms with Gasteiger partial charge in [0, 0.05) is 41.2 Å². The third-order valence-electron chi connectivity index (χ3n) is 3.85. The molecule has 0 radical (unpaired) electrons. The van der Waals surface area contributed by atoms with E-state index < -0.39 is 0 Å². The highest BCUT2D eigenvalue weighted by molar-refractivity contribution is 6.38. The van der Waals surface area contributed by atoms with Crippen LogP contribution in [0.4, 0.5) is 0 Å². The van der Waals surface area contributed by atoms with Crippen molar-refractivity contribution in [2.24, 2.45) is 0 Å². The molecule has 104 valence electrons. The monoisotopic (exact) mass is 308 g/mol. The maximum atomic E-state index is 11.6. The highest BCUT2D eigenvalue weighted by Crippen LogP contribution is 2.32. The first-order chi connectivity index (χ1) is 9.63. The Hall–Kier alpha value is -1.16. The van der Waals surface area contributed by atoms with Crippen LogP contribution in [-0.2, 0) is 13.0 Å². The Kier molecular flexibility index (Phi) is 3.67. The van der Waals surface area contributed by atoms with Crippen LogP contribution in [0.5, 0.6) is 0 Å². The summed E-state index contributed by atoms with van der Waals surface area (Å²) >= 11 is 12.3. The number of carbonyl (C=O) groups is 1. The van der Waals surface area contributed by atoms with Crippen molar-refractivity contribution in [2.75, 3.05) is 13.1 Å². The van der Waals surface area contributed by atoms with Gasteiger partial charge in [0.05, 0.1) is 10.5 Å². The maximum Gasteiger partial charge on any atom is 0.151 e. The molecule has 1 aliphatic rings. The molecule has 0 atom stereocenters. The normalized spacial score (nSPS) is 15.3. The SMILES string of the molecule is CCN1CCc2nc3c(Cl)cc(Cl)cc3c(C=O)c2C1. The lowest BCUT2D eigenvalue weighted by Crippen LogP contribution is -2.31. The van der Waals surface area contributed by atoms with Crippen LogP contribution >= 0.6 is 23.2 Å². The molecule has 2 heterocycles. The molecule has 1 aliphatic heterocycles. The number of hydrogen-bond acceptors (Lipinski definition) is 3. The summed E-state index contributed by atoms with van der Waals surface area (Å²) in [6, 6.07) is 3.44. The van der Waals surface area contributed by atoms with E-state index in [1.54, 1.807) is 12.1 Å². The van der Waals surface area contributed by atoms with E-state index in [1.165, 1.54) is 0 Å². The standard InChI is InChI=1S/C15H14Cl2N2O/c1-2-19-4-3-14-11(7-19)12(8-20)10-5-9(16)6-13(17)15(10)18-14/h5-6,8H,2-4,7H2,1H3. The van der Waals surface area contributed by atoms with Gasteiger partial charge in [0.25, 0.3) is 0 Å². The average molecular weight is 309 g/mol. The summed E-state index contributed by atoms with van der Waals surface area (Å²) in [4.78, 5) is 18.5. The van der Waals surface area contributed by atoms with E-state index in [-0.39, 0.29) is 0 Å². The molecule has 1 aromatic carbocycles. The molecule has 0 fully saturated rings. The predicted octanol–water partition coefficient (Wildman–Crippen LogP) is 3.73. The molecule has 0 N–H and O–H groups in total. The van der Waals surface area contributed by atoms with Gasteiger partial charge >= 0.3 is 0 Å². The van der Waals surface area contributed by atoms with Crippen LogP contribution < -0.4 is 0 Å². The Labute approximate surface area is 127 Å². The van der Waals surface area contributed by atoms with Crippen molar-refractivity contribution in [3.63, 3.8) is 0 Å². The first-order valence-electron chi connectivity index (χ1n) is 6.62. The summed E-state index contributed by atoms with van der Waals surface area (Å²) in [6.07, 6.45) is 1.74. The van der Waals surface area contributed by atoms with E-state index in [4.69, 9.17) is 23.2 Å². The first-order valence-corrected chi connectivity index (χ1v) is 7.37. The lowest BCUT2D eigenvalue weighted by Gasteiger charge is -2.28. The molecule has 5 heteroatoms. The summed E-state index contributed by atoms with van der Waals surface area (Å²) in [6.45, 7) is 4.80. The number of aromatic nitrogens is 1. The van der Waals surface area contributed by atoms with E-state index >= 15 is 0 Å². The van der Waals surface area contributed by atoms with Crippen molar-refractivity contribution in [1.29, 1.82) is 0 Å². The third kappa shape index (κ3) is 2.20. The van der Waals surface area contributed by atoms with Crippen molar-refractivity contribution in [3.05, 3.63) is 39.0 Å². The van der Waals surface area contributed by atoms with Crippen molar-refractivity contribution >= 4 is 40.4 Å². The van der Waals surface area contributed by atoms with Crippen molar-refractivity contribution in [2.45, 2.75) is 19.9 Å². The van der Waals surface area contributed by atoms with Crippen LogP contribution in [0.15, 0.2) is 12.1 Å². The minimum atomic E-state index is 0.497. The van der Waals surface area contributed by atoms with E-state index in [0.717, 1.165) is 49.0 Å². The van der Waals surface area contributed by atoms with Crippen molar-refractivity contribution < 1.29 is 4.79 Å². The number of halogens is 2. The Balaban J connectivity index is 2.31. The molecule has 0 unspecified atom stereocenters. The van der Waals surface area contributed by atoms with E-state index in [0.29, 0.717) is 21.1 Å². The van der Waals surface area contributed by atoms with Crippen LogP contribution in [0.1, 0.15) is 28.5 Å². The Bertz CT molecular complexity index is 700. The number of aldehydes is 1. The van der Waals surface area contributed by atoms with Crippen LogP contribution in [0, 0.1) is 0 Å². The van der Waals surface area contributed by atoms with E-state index in [9.17, 15) is 4.79 Å². The molecule has 3 rings (SSSR count). The van der Waals surface area contributed by atoms with Gasteiger partial charge in [0.15, 0.2) is 6.29 Å². The number of nitrogens with zero attached hydrogens (tertiary/aromatic N) is 2. The molecule has 20 heavy (non-hydrogen) atoms. The second-order valence-electron chi connectivity index (χ2n) is 4.97. The maximum absolute atomic E-state index is 11.6. The summed E-state index contributed by atoms with van der Waals surface area (Å²) < 4.78 is 0. The average Bonchev–Trinajstić information content (AvgIpc) is 2.44. The van der Waals surface area contributed by atoms with Crippen LogP contribution in [0.3, 0.4) is 0 Å². The lowest BCUT2D eigenvalue weighted by molar-refractivity contribution is 0.112. The molecule has 3 nitrogen and oxygen atoms in total. The second-order valence-corrected chi connectivity index (χ2v) is 5.81. The van der Waals surface area contributed by atoms with Crippen LogP contribution in [0.25, 0.3) is 10.9 Å². The zero-order chi connectivity index (χ0) is 14.3. The molecule has 2 aromatic rings. The number of likely N-dealkylation sites (N-methyl/N-ethyl adjacent to an activating group) is 1. The Morgan fingerprint density at radius 1 is 1.40 bits per heavy atom. The quantitative estimate of drug-likeness (QED) is 0.793. The minimum Gasteiger partial charge on any atom is -0.299 e. The number of rotatable bonds is 2. The summed E-state index contributed by atoms with van der Waals surface area (Å²) in [5.74, 6) is 0. The van der Waals surface area contributed by atoms with Gasteiger partial charge in [0.1, 0.15) is 0 Å². The van der Waals surface area contributed by atoms with Crippen LogP contribution in [0.2, 0.25) is 10.0 Å². The molecule has 0 saturated heterocycles. The Morgan fingerprint density at radius 2 is 2.20 bits per heavy atom. The molecular formula is C15H14Cl2N2O. The number of hydrogen-bond donors (Lipinski definition) is 0. The molecule has 0 bridgehead atoms. The molecule has 0 amide bonds. The van der Waals surface area contributed by atoms with Gasteiger partial charge in [-0.3, -0.25) is 14.7 Å². The fourth-order valence-corrected chi connectivity index (χ4v) is 3.30. The largest absolute Gasteiger partial charge is 0.299 e. The van der Waals surface area contributed by atoms with Crippen molar-refractivity contribution in [3.8, 4) is 0 Å². The van der Waals surface area contributed by atoms with E-state index in [2.05, 4.69) is 16.8 Å². The molecule has 0 spiro atoms. The zero-order valence-electron chi connectivity index (χ0n) is 11.1. The van der Waals surface area contributed by atoms with Gasteiger partial charge in [0.2, 0.25) is 0 Å². The molecular weight excluding hydrogens is 295 g/mol. The van der Waals surface area contributed by atoms with Crippen LogP contribution in [-0.4, -0.2) is 29.3 Å². The lowest BCUT2D eigenvalue weighted by atomic mass is 9.96. The van der Waals surface area contributed by atoms with Gasteiger partial charge < -0.3 is 0 Å². The highest BCUT2D eigenvalue weighted by atomic mass is 35.5. The zero-order valence-corrected chi connectivity index (χ0v) is 12.6. The Morgan fingerprint density at radius 3 is 2.90 bits per heavy atom. The van der Waals surface area contributed by atoms with E-state index in [1.807, 2.05) is 0 Å². The number of fused-ring (bicyclic) bond motifs is 2. The topological polar surface area (TPSA) is 33.2 Å². The molecule has 0 saturated carbocycles. The second kappa shape index (κ2) is 5.32. The summed E-state index contributed by atoms with van der Waals surface area (Å²) in [5.41, 5.74) is 3.34. The molecule has 1 aromatic heterocycles. The number of benzene rings is 1. The molecule has 0 aliphatic carbocycles. The fourth-order valence-electron chi connectivity index (χ4n) is 2.76. The first kappa shape index (κ1) is 13.8. The summed E-state index contributed by atoms with van der Waals surface area (Å²) in [5, 5.41) is 1.76. The highest BCUT2D eigenvalue weighted by Gasteiger charge is 2.22.